The van der Waals surface area contributed by atoms with Crippen molar-refractivity contribution < 1.29 is 23.1 Å². The molecule has 0 spiro atoms. The zero-order valence-corrected chi connectivity index (χ0v) is 16.8. The largest absolute Gasteiger partial charge is 0.477 e. The number of carbonyl (C=O) groups is 1. The first-order chi connectivity index (χ1) is 14.9. The molecule has 10 heteroatoms. The molecule has 1 unspecified atom stereocenters. The number of fused-ring (bicyclic) bond motifs is 3. The number of rotatable bonds is 3. The van der Waals surface area contributed by atoms with Crippen molar-refractivity contribution in [3.63, 3.8) is 0 Å². The van der Waals surface area contributed by atoms with Crippen LogP contribution in [0, 0.1) is 17.5 Å². The van der Waals surface area contributed by atoms with Gasteiger partial charge in [0, 0.05) is 43.2 Å². The van der Waals surface area contributed by atoms with Crippen LogP contribution in [-0.4, -0.2) is 41.8 Å². The van der Waals surface area contributed by atoms with Crippen molar-refractivity contribution in [3.8, 4) is 0 Å². The Kier molecular flexibility index (Phi) is 4.71. The van der Waals surface area contributed by atoms with Gasteiger partial charge in [0.15, 0.2) is 0 Å². The second-order valence-electron chi connectivity index (χ2n) is 7.38. The van der Waals surface area contributed by atoms with Crippen molar-refractivity contribution in [2.45, 2.75) is 10.4 Å². The number of thioether (sulfide) groups is 1. The molecule has 0 aliphatic carbocycles. The summed E-state index contributed by atoms with van der Waals surface area (Å²) in [7, 11) is 0. The quantitative estimate of drug-likeness (QED) is 0.643. The SMILES string of the molecule is O=C(O)c1c2n(c3cc(N4CCNCC4)c(F)cc3c1=O)C(c1ccc(F)cc1F)S2. The van der Waals surface area contributed by atoms with Crippen LogP contribution < -0.4 is 15.6 Å². The van der Waals surface area contributed by atoms with Gasteiger partial charge in [0.1, 0.15) is 28.4 Å². The van der Waals surface area contributed by atoms with E-state index in [9.17, 15) is 27.9 Å². The Labute approximate surface area is 178 Å². The zero-order valence-electron chi connectivity index (χ0n) is 16.0. The van der Waals surface area contributed by atoms with Crippen LogP contribution in [0.2, 0.25) is 0 Å². The van der Waals surface area contributed by atoms with Gasteiger partial charge in [-0.05, 0) is 18.2 Å². The van der Waals surface area contributed by atoms with E-state index < -0.39 is 39.8 Å². The average Bonchev–Trinajstić information content (AvgIpc) is 2.72. The molecule has 2 aromatic carbocycles. The number of aromatic carboxylic acids is 1. The van der Waals surface area contributed by atoms with Crippen molar-refractivity contribution in [1.82, 2.24) is 9.88 Å². The maximum Gasteiger partial charge on any atom is 0.342 e. The Hall–Kier alpha value is -2.98. The first-order valence-electron chi connectivity index (χ1n) is 9.59. The maximum atomic E-state index is 14.9. The molecule has 1 fully saturated rings. The standard InChI is InChI=1S/C21H16F3N3O3S/c22-10-1-2-11(13(23)7-10)19-27-15-9-16(26-5-3-25-4-6-26)14(24)8-12(15)18(28)17(21(29)30)20(27)31-19/h1-2,7-9,19,25H,3-6H2,(H,29,30). The number of carboxylic acid groups (broad SMARTS) is 1. The molecule has 2 aliphatic heterocycles. The van der Waals surface area contributed by atoms with Gasteiger partial charge < -0.3 is 19.9 Å². The van der Waals surface area contributed by atoms with Gasteiger partial charge >= 0.3 is 5.97 Å². The van der Waals surface area contributed by atoms with Crippen LogP contribution in [0.4, 0.5) is 18.9 Å². The van der Waals surface area contributed by atoms with Gasteiger partial charge in [-0.2, -0.15) is 0 Å². The highest BCUT2D eigenvalue weighted by Crippen LogP contribution is 2.51. The average molecular weight is 447 g/mol. The molecule has 1 aromatic heterocycles. The van der Waals surface area contributed by atoms with Crippen LogP contribution in [0.25, 0.3) is 10.9 Å². The molecule has 3 heterocycles. The molecule has 0 saturated carbocycles. The Morgan fingerprint density at radius 1 is 1.10 bits per heavy atom. The van der Waals surface area contributed by atoms with Crippen molar-refractivity contribution in [3.05, 3.63) is 69.1 Å². The van der Waals surface area contributed by atoms with Gasteiger partial charge in [-0.3, -0.25) is 4.79 Å². The number of hydrogen-bond acceptors (Lipinski definition) is 5. The number of hydrogen-bond donors (Lipinski definition) is 2. The minimum Gasteiger partial charge on any atom is -0.477 e. The Bertz CT molecular complexity index is 1300. The summed E-state index contributed by atoms with van der Waals surface area (Å²) in [6.45, 7) is 2.48. The monoisotopic (exact) mass is 447 g/mol. The smallest absolute Gasteiger partial charge is 0.342 e. The minimum absolute atomic E-state index is 0.0923. The van der Waals surface area contributed by atoms with Crippen molar-refractivity contribution in [2.24, 2.45) is 0 Å². The summed E-state index contributed by atoms with van der Waals surface area (Å²) >= 11 is 1.00. The lowest BCUT2D eigenvalue weighted by Gasteiger charge is -2.36. The van der Waals surface area contributed by atoms with Gasteiger partial charge in [-0.1, -0.05) is 17.8 Å². The molecule has 6 nitrogen and oxygen atoms in total. The third kappa shape index (κ3) is 3.09. The highest BCUT2D eigenvalue weighted by Gasteiger charge is 2.38. The first-order valence-corrected chi connectivity index (χ1v) is 10.5. The molecule has 2 N–H and O–H groups in total. The number of aromatic nitrogens is 1. The first kappa shape index (κ1) is 20.0. The number of carboxylic acids is 1. The molecule has 5 rings (SSSR count). The molecule has 1 saturated heterocycles. The lowest BCUT2D eigenvalue weighted by atomic mass is 10.1. The third-order valence-corrected chi connectivity index (χ3v) is 6.90. The molecule has 1 atom stereocenters. The summed E-state index contributed by atoms with van der Waals surface area (Å²) in [6, 6.07) is 5.72. The highest BCUT2D eigenvalue weighted by molar-refractivity contribution is 8.00. The third-order valence-electron chi connectivity index (χ3n) is 5.59. The molecule has 31 heavy (non-hydrogen) atoms. The van der Waals surface area contributed by atoms with Crippen LogP contribution in [-0.2, 0) is 0 Å². The van der Waals surface area contributed by atoms with E-state index in [-0.39, 0.29) is 16.0 Å². The summed E-state index contributed by atoms with van der Waals surface area (Å²) in [6.07, 6.45) is 0. The number of nitrogens with zero attached hydrogens (tertiary/aromatic N) is 2. The minimum atomic E-state index is -1.44. The molecule has 0 amide bonds. The number of benzene rings is 2. The lowest BCUT2D eigenvalue weighted by molar-refractivity contribution is 0.0689. The summed E-state index contributed by atoms with van der Waals surface area (Å²) < 4.78 is 44.3. The van der Waals surface area contributed by atoms with E-state index in [1.165, 1.54) is 16.7 Å². The van der Waals surface area contributed by atoms with Crippen molar-refractivity contribution >= 4 is 34.3 Å². The predicted octanol–water partition coefficient (Wildman–Crippen LogP) is 3.18. The topological polar surface area (TPSA) is 74.6 Å². The van der Waals surface area contributed by atoms with Crippen LogP contribution in [0.1, 0.15) is 21.3 Å². The van der Waals surface area contributed by atoms with Crippen LogP contribution in [0.15, 0.2) is 40.2 Å². The summed E-state index contributed by atoms with van der Waals surface area (Å²) in [5.41, 5.74) is -0.516. The second-order valence-corrected chi connectivity index (χ2v) is 8.45. The fourth-order valence-corrected chi connectivity index (χ4v) is 5.40. The van der Waals surface area contributed by atoms with E-state index in [1.807, 2.05) is 4.90 Å². The normalized spacial score (nSPS) is 18.0. The van der Waals surface area contributed by atoms with Gasteiger partial charge in [0.25, 0.3) is 0 Å². The molecule has 160 valence electrons. The number of halogens is 3. The lowest BCUT2D eigenvalue weighted by Crippen LogP contribution is -2.44. The Morgan fingerprint density at radius 3 is 2.52 bits per heavy atom. The molecule has 3 aromatic rings. The molecular formula is C21H16F3N3O3S. The fraction of sp³-hybridized carbons (Fsp3) is 0.238. The number of nitrogens with one attached hydrogen (secondary N) is 1. The molecular weight excluding hydrogens is 431 g/mol. The predicted molar refractivity (Wildman–Crippen MR) is 111 cm³/mol. The van der Waals surface area contributed by atoms with Crippen LogP contribution in [0.5, 0.6) is 0 Å². The van der Waals surface area contributed by atoms with Crippen LogP contribution >= 0.6 is 11.8 Å². The van der Waals surface area contributed by atoms with Gasteiger partial charge in [-0.15, -0.1) is 0 Å². The highest BCUT2D eigenvalue weighted by atomic mass is 32.2. The van der Waals surface area contributed by atoms with E-state index >= 15 is 0 Å². The second kappa shape index (κ2) is 7.31. The number of piperazine rings is 1. The van der Waals surface area contributed by atoms with E-state index in [0.29, 0.717) is 37.4 Å². The van der Waals surface area contributed by atoms with E-state index in [0.717, 1.165) is 30.0 Å². The molecule has 2 aliphatic rings. The number of pyridine rings is 1. The number of anilines is 1. The van der Waals surface area contributed by atoms with Gasteiger partial charge in [0.2, 0.25) is 5.43 Å². The van der Waals surface area contributed by atoms with E-state index in [2.05, 4.69) is 5.32 Å². The zero-order chi connectivity index (χ0) is 21.9. The Balaban J connectivity index is 1.77. The maximum absolute atomic E-state index is 14.9. The fourth-order valence-electron chi connectivity index (χ4n) is 4.09. The van der Waals surface area contributed by atoms with E-state index in [4.69, 9.17) is 0 Å². The van der Waals surface area contributed by atoms with Crippen molar-refractivity contribution in [1.29, 1.82) is 0 Å². The van der Waals surface area contributed by atoms with Gasteiger partial charge in [-0.25, -0.2) is 18.0 Å². The Morgan fingerprint density at radius 2 is 1.84 bits per heavy atom. The molecule has 0 radical (unpaired) electrons. The summed E-state index contributed by atoms with van der Waals surface area (Å²) in [5.74, 6) is -3.58. The summed E-state index contributed by atoms with van der Waals surface area (Å²) in [5, 5.41) is 12.1. The summed E-state index contributed by atoms with van der Waals surface area (Å²) in [4.78, 5) is 26.5. The van der Waals surface area contributed by atoms with E-state index in [1.54, 1.807) is 0 Å². The van der Waals surface area contributed by atoms with Crippen molar-refractivity contribution in [2.75, 3.05) is 31.1 Å². The van der Waals surface area contributed by atoms with Gasteiger partial charge in [0.05, 0.1) is 16.2 Å². The van der Waals surface area contributed by atoms with Crippen LogP contribution in [0.3, 0.4) is 0 Å². The molecule has 0 bridgehead atoms.